The topological polar surface area (TPSA) is 48.2 Å². The summed E-state index contributed by atoms with van der Waals surface area (Å²) >= 11 is 1.56. The highest BCUT2D eigenvalue weighted by molar-refractivity contribution is 7.98. The van der Waals surface area contributed by atoms with Gasteiger partial charge in [0.1, 0.15) is 5.75 Å². The Kier molecular flexibility index (Phi) is 4.98. The summed E-state index contributed by atoms with van der Waals surface area (Å²) in [5.74, 6) is 2.30. The van der Waals surface area contributed by atoms with E-state index in [-0.39, 0.29) is 0 Å². The molecule has 23 heavy (non-hydrogen) atoms. The van der Waals surface area contributed by atoms with E-state index in [1.807, 2.05) is 36.4 Å². The predicted octanol–water partition coefficient (Wildman–Crippen LogP) is 4.27. The molecule has 0 aliphatic heterocycles. The molecular formula is C18H18N2O2S. The minimum Gasteiger partial charge on any atom is -0.497 e. The van der Waals surface area contributed by atoms with Gasteiger partial charge in [0.15, 0.2) is 0 Å². The van der Waals surface area contributed by atoms with E-state index in [0.717, 1.165) is 17.1 Å². The molecule has 3 aromatic rings. The fourth-order valence-corrected chi connectivity index (χ4v) is 3.05. The Labute approximate surface area is 139 Å². The lowest BCUT2D eigenvalue weighted by molar-refractivity contribution is 0.413. The monoisotopic (exact) mass is 326 g/mol. The lowest BCUT2D eigenvalue weighted by Gasteiger charge is -2.02. The third-order valence-electron chi connectivity index (χ3n) is 3.58. The van der Waals surface area contributed by atoms with Crippen molar-refractivity contribution in [1.82, 2.24) is 10.2 Å². The van der Waals surface area contributed by atoms with Crippen LogP contribution in [0.2, 0.25) is 0 Å². The third-order valence-corrected chi connectivity index (χ3v) is 4.44. The van der Waals surface area contributed by atoms with Gasteiger partial charge in [0.2, 0.25) is 5.89 Å². The van der Waals surface area contributed by atoms with Gasteiger partial charge in [-0.3, -0.25) is 0 Å². The van der Waals surface area contributed by atoms with E-state index in [1.54, 1.807) is 18.9 Å². The van der Waals surface area contributed by atoms with Crippen LogP contribution in [-0.4, -0.2) is 17.3 Å². The standard InChI is InChI=1S/C18H18N2O2S/c1-13-5-3-4-6-15(13)12-23-18-20-19-17(22-18)11-14-7-9-16(21-2)10-8-14/h3-10H,11-12H2,1-2H3. The number of thioether (sulfide) groups is 1. The summed E-state index contributed by atoms with van der Waals surface area (Å²) in [4.78, 5) is 0. The van der Waals surface area contributed by atoms with Crippen LogP contribution >= 0.6 is 11.8 Å². The Balaban J connectivity index is 1.60. The molecule has 0 saturated heterocycles. The average Bonchev–Trinajstić information content (AvgIpc) is 3.02. The molecule has 4 nitrogen and oxygen atoms in total. The number of aryl methyl sites for hydroxylation is 1. The second-order valence-corrected chi connectivity index (χ2v) is 6.13. The summed E-state index contributed by atoms with van der Waals surface area (Å²) in [6.45, 7) is 2.11. The van der Waals surface area contributed by atoms with Crippen molar-refractivity contribution < 1.29 is 9.15 Å². The van der Waals surface area contributed by atoms with E-state index in [4.69, 9.17) is 9.15 Å². The van der Waals surface area contributed by atoms with Gasteiger partial charge < -0.3 is 9.15 Å². The van der Waals surface area contributed by atoms with Crippen LogP contribution in [0, 0.1) is 6.92 Å². The zero-order valence-corrected chi connectivity index (χ0v) is 14.0. The smallest absolute Gasteiger partial charge is 0.276 e. The van der Waals surface area contributed by atoms with Crippen molar-refractivity contribution >= 4 is 11.8 Å². The van der Waals surface area contributed by atoms with Crippen molar-refractivity contribution in [2.24, 2.45) is 0 Å². The summed E-state index contributed by atoms with van der Waals surface area (Å²) in [6, 6.07) is 16.2. The summed E-state index contributed by atoms with van der Waals surface area (Å²) < 4.78 is 10.9. The lowest BCUT2D eigenvalue weighted by atomic mass is 10.1. The molecule has 118 valence electrons. The van der Waals surface area contributed by atoms with Crippen LogP contribution in [0.15, 0.2) is 58.2 Å². The Hall–Kier alpha value is -2.27. The number of ether oxygens (including phenoxy) is 1. The molecule has 0 atom stereocenters. The normalized spacial score (nSPS) is 10.7. The largest absolute Gasteiger partial charge is 0.497 e. The van der Waals surface area contributed by atoms with Gasteiger partial charge in [-0.05, 0) is 35.7 Å². The van der Waals surface area contributed by atoms with E-state index in [1.165, 1.54) is 11.1 Å². The molecule has 0 bridgehead atoms. The fourth-order valence-electron chi connectivity index (χ4n) is 2.20. The maximum atomic E-state index is 5.72. The first kappa shape index (κ1) is 15.6. The minimum absolute atomic E-state index is 0.608. The molecule has 0 amide bonds. The SMILES string of the molecule is COc1ccc(Cc2nnc(SCc3ccccc3C)o2)cc1. The highest BCUT2D eigenvalue weighted by Crippen LogP contribution is 2.24. The van der Waals surface area contributed by atoms with Gasteiger partial charge in [-0.1, -0.05) is 48.2 Å². The molecule has 0 fully saturated rings. The highest BCUT2D eigenvalue weighted by Gasteiger charge is 2.09. The number of aromatic nitrogens is 2. The lowest BCUT2D eigenvalue weighted by Crippen LogP contribution is -1.89. The second-order valence-electron chi connectivity index (χ2n) is 5.20. The molecule has 0 N–H and O–H groups in total. The van der Waals surface area contributed by atoms with Gasteiger partial charge >= 0.3 is 0 Å². The van der Waals surface area contributed by atoms with Crippen LogP contribution in [-0.2, 0) is 12.2 Å². The molecule has 2 aromatic carbocycles. The quantitative estimate of drug-likeness (QED) is 0.633. The molecule has 5 heteroatoms. The zero-order chi connectivity index (χ0) is 16.1. The Bertz CT molecular complexity index is 769. The van der Waals surface area contributed by atoms with E-state index in [9.17, 15) is 0 Å². The molecule has 0 radical (unpaired) electrons. The van der Waals surface area contributed by atoms with Gasteiger partial charge in [-0.15, -0.1) is 10.2 Å². The van der Waals surface area contributed by atoms with Crippen molar-refractivity contribution in [2.45, 2.75) is 24.3 Å². The summed E-state index contributed by atoms with van der Waals surface area (Å²) in [5, 5.41) is 8.84. The first-order valence-electron chi connectivity index (χ1n) is 7.37. The van der Waals surface area contributed by atoms with Crippen molar-refractivity contribution in [3.63, 3.8) is 0 Å². The molecule has 0 aliphatic rings. The number of hydrogen-bond acceptors (Lipinski definition) is 5. The van der Waals surface area contributed by atoms with Crippen LogP contribution in [0.3, 0.4) is 0 Å². The Morgan fingerprint density at radius 3 is 2.57 bits per heavy atom. The Morgan fingerprint density at radius 1 is 1.04 bits per heavy atom. The highest BCUT2D eigenvalue weighted by atomic mass is 32.2. The molecule has 3 rings (SSSR count). The van der Waals surface area contributed by atoms with Crippen molar-refractivity contribution in [3.8, 4) is 5.75 Å². The van der Waals surface area contributed by atoms with E-state index < -0.39 is 0 Å². The molecule has 0 aliphatic carbocycles. The zero-order valence-electron chi connectivity index (χ0n) is 13.2. The fraction of sp³-hybridized carbons (Fsp3) is 0.222. The number of benzene rings is 2. The maximum Gasteiger partial charge on any atom is 0.276 e. The molecule has 0 unspecified atom stereocenters. The van der Waals surface area contributed by atoms with Crippen molar-refractivity contribution in [1.29, 1.82) is 0 Å². The Morgan fingerprint density at radius 2 is 1.83 bits per heavy atom. The average molecular weight is 326 g/mol. The molecule has 0 saturated carbocycles. The first-order chi connectivity index (χ1) is 11.2. The molecule has 0 spiro atoms. The van der Waals surface area contributed by atoms with E-state index in [0.29, 0.717) is 17.5 Å². The van der Waals surface area contributed by atoms with Gasteiger partial charge in [-0.2, -0.15) is 0 Å². The van der Waals surface area contributed by atoms with Crippen LogP contribution in [0.1, 0.15) is 22.6 Å². The number of nitrogens with zero attached hydrogens (tertiary/aromatic N) is 2. The van der Waals surface area contributed by atoms with Gasteiger partial charge in [0.25, 0.3) is 5.22 Å². The second kappa shape index (κ2) is 7.33. The van der Waals surface area contributed by atoms with E-state index in [2.05, 4.69) is 29.3 Å². The van der Waals surface area contributed by atoms with Gasteiger partial charge in [-0.25, -0.2) is 0 Å². The minimum atomic E-state index is 0.608. The van der Waals surface area contributed by atoms with Crippen LogP contribution in [0.4, 0.5) is 0 Å². The van der Waals surface area contributed by atoms with Gasteiger partial charge in [0, 0.05) is 5.75 Å². The van der Waals surface area contributed by atoms with E-state index >= 15 is 0 Å². The molecule has 1 aromatic heterocycles. The van der Waals surface area contributed by atoms with Crippen LogP contribution in [0.25, 0.3) is 0 Å². The number of rotatable bonds is 6. The molecular weight excluding hydrogens is 308 g/mol. The number of methoxy groups -OCH3 is 1. The number of hydrogen-bond donors (Lipinski definition) is 0. The summed E-state index contributed by atoms with van der Waals surface area (Å²) in [5.41, 5.74) is 3.68. The maximum absolute atomic E-state index is 5.72. The van der Waals surface area contributed by atoms with Crippen molar-refractivity contribution in [2.75, 3.05) is 7.11 Å². The molecule has 1 heterocycles. The predicted molar refractivity (Wildman–Crippen MR) is 90.8 cm³/mol. The third kappa shape index (κ3) is 4.13. The van der Waals surface area contributed by atoms with Crippen LogP contribution < -0.4 is 4.74 Å². The van der Waals surface area contributed by atoms with Crippen molar-refractivity contribution in [3.05, 3.63) is 71.1 Å². The summed E-state index contributed by atoms with van der Waals surface area (Å²) in [6.07, 6.45) is 0.627. The van der Waals surface area contributed by atoms with Gasteiger partial charge in [0.05, 0.1) is 13.5 Å². The van der Waals surface area contributed by atoms with Crippen LogP contribution in [0.5, 0.6) is 5.75 Å². The first-order valence-corrected chi connectivity index (χ1v) is 8.36. The summed E-state index contributed by atoms with van der Waals surface area (Å²) in [7, 11) is 1.66.